The fourth-order valence-corrected chi connectivity index (χ4v) is 4.19. The van der Waals surface area contributed by atoms with Crippen LogP contribution in [0.1, 0.15) is 68.9 Å². The number of ether oxygens (including phenoxy) is 1. The van der Waals surface area contributed by atoms with Gasteiger partial charge in [-0.1, -0.05) is 48.0 Å². The molecule has 5 heteroatoms. The SMILES string of the molecule is CCN(CC)C(=O)c1ccc(C(=C2CCN(C(=O)OC(C)(C)C)CC2)c2ccccc2)cc1. The summed E-state index contributed by atoms with van der Waals surface area (Å²) in [6.45, 7) is 12.3. The lowest BCUT2D eigenvalue weighted by atomic mass is 9.88. The molecule has 0 aromatic heterocycles. The molecule has 1 saturated heterocycles. The van der Waals surface area contributed by atoms with Crippen molar-refractivity contribution in [3.05, 3.63) is 76.9 Å². The minimum Gasteiger partial charge on any atom is -0.444 e. The zero-order valence-electron chi connectivity index (χ0n) is 20.6. The van der Waals surface area contributed by atoms with Crippen LogP contribution in [0.25, 0.3) is 5.57 Å². The molecule has 0 bridgehead atoms. The van der Waals surface area contributed by atoms with E-state index >= 15 is 0 Å². The van der Waals surface area contributed by atoms with Gasteiger partial charge < -0.3 is 14.5 Å². The van der Waals surface area contributed by atoms with Crippen molar-refractivity contribution in [1.29, 1.82) is 0 Å². The molecule has 0 saturated carbocycles. The number of rotatable bonds is 5. The highest BCUT2D eigenvalue weighted by Crippen LogP contribution is 2.33. The Hall–Kier alpha value is -3.08. The summed E-state index contributed by atoms with van der Waals surface area (Å²) < 4.78 is 5.55. The molecule has 0 unspecified atom stereocenters. The quantitative estimate of drug-likeness (QED) is 0.563. The Balaban J connectivity index is 1.87. The summed E-state index contributed by atoms with van der Waals surface area (Å²) in [5.74, 6) is 0.0612. The van der Waals surface area contributed by atoms with Gasteiger partial charge >= 0.3 is 6.09 Å². The number of benzene rings is 2. The van der Waals surface area contributed by atoms with Crippen molar-refractivity contribution >= 4 is 17.6 Å². The molecule has 33 heavy (non-hydrogen) atoms. The monoisotopic (exact) mass is 448 g/mol. The van der Waals surface area contributed by atoms with Gasteiger partial charge in [0.05, 0.1) is 0 Å². The molecule has 2 aromatic carbocycles. The lowest BCUT2D eigenvalue weighted by Gasteiger charge is -2.32. The van der Waals surface area contributed by atoms with Crippen LogP contribution in [0, 0.1) is 0 Å². The van der Waals surface area contributed by atoms with Crippen LogP contribution in [0.4, 0.5) is 4.79 Å². The molecule has 2 amide bonds. The second kappa shape index (κ2) is 10.7. The van der Waals surface area contributed by atoms with Crippen molar-refractivity contribution in [1.82, 2.24) is 9.80 Å². The van der Waals surface area contributed by atoms with E-state index in [1.54, 1.807) is 4.90 Å². The third-order valence-corrected chi connectivity index (χ3v) is 5.91. The van der Waals surface area contributed by atoms with Gasteiger partial charge in [0.2, 0.25) is 0 Å². The fourth-order valence-electron chi connectivity index (χ4n) is 4.19. The maximum atomic E-state index is 12.7. The second-order valence-electron chi connectivity index (χ2n) is 9.37. The molecule has 1 aliphatic heterocycles. The van der Waals surface area contributed by atoms with Gasteiger partial charge in [-0.2, -0.15) is 0 Å². The number of carbonyl (C=O) groups is 2. The molecule has 0 atom stereocenters. The number of nitrogens with zero attached hydrogens (tertiary/aromatic N) is 2. The Kier molecular flexibility index (Phi) is 7.96. The average Bonchev–Trinajstić information content (AvgIpc) is 2.80. The molecular formula is C28H36N2O3. The summed E-state index contributed by atoms with van der Waals surface area (Å²) in [6.07, 6.45) is 1.34. The van der Waals surface area contributed by atoms with E-state index in [1.165, 1.54) is 11.1 Å². The highest BCUT2D eigenvalue weighted by molar-refractivity contribution is 5.95. The van der Waals surface area contributed by atoms with E-state index in [2.05, 4.69) is 12.1 Å². The maximum Gasteiger partial charge on any atom is 0.410 e. The van der Waals surface area contributed by atoms with Crippen LogP contribution in [0.3, 0.4) is 0 Å². The molecule has 2 aromatic rings. The predicted octanol–water partition coefficient (Wildman–Crippen LogP) is 6.00. The number of amides is 2. The van der Waals surface area contributed by atoms with Crippen molar-refractivity contribution in [2.45, 2.75) is 53.1 Å². The van der Waals surface area contributed by atoms with E-state index in [0.29, 0.717) is 31.7 Å². The Bertz CT molecular complexity index is 974. The van der Waals surface area contributed by atoms with E-state index in [0.717, 1.165) is 24.0 Å². The van der Waals surface area contributed by atoms with Crippen LogP contribution < -0.4 is 0 Å². The topological polar surface area (TPSA) is 49.9 Å². The molecule has 5 nitrogen and oxygen atoms in total. The molecule has 1 heterocycles. The van der Waals surface area contributed by atoms with E-state index < -0.39 is 5.60 Å². The van der Waals surface area contributed by atoms with Crippen LogP contribution >= 0.6 is 0 Å². The van der Waals surface area contributed by atoms with E-state index in [1.807, 2.05) is 82.0 Å². The van der Waals surface area contributed by atoms with Crippen LogP contribution in [-0.2, 0) is 4.74 Å². The number of piperidine rings is 1. The first kappa shape index (κ1) is 24.6. The van der Waals surface area contributed by atoms with Crippen molar-refractivity contribution in [2.75, 3.05) is 26.2 Å². The van der Waals surface area contributed by atoms with Gasteiger partial charge in [-0.25, -0.2) is 4.79 Å². The standard InChI is InChI=1S/C28H36N2O3/c1-6-29(7-2)26(31)24-15-13-22(14-16-24)25(21-11-9-8-10-12-21)23-17-19-30(20-18-23)27(32)33-28(3,4)5/h8-16H,6-7,17-20H2,1-5H3. The van der Waals surface area contributed by atoms with Gasteiger partial charge in [0, 0.05) is 31.7 Å². The Morgan fingerprint density at radius 1 is 0.848 bits per heavy atom. The van der Waals surface area contributed by atoms with Gasteiger partial charge in [-0.05, 0) is 76.3 Å². The lowest BCUT2D eigenvalue weighted by molar-refractivity contribution is 0.0236. The number of hydrogen-bond acceptors (Lipinski definition) is 3. The number of likely N-dealkylation sites (tertiary alicyclic amines) is 1. The highest BCUT2D eigenvalue weighted by atomic mass is 16.6. The van der Waals surface area contributed by atoms with Crippen LogP contribution in [0.5, 0.6) is 0 Å². The van der Waals surface area contributed by atoms with E-state index in [9.17, 15) is 9.59 Å². The molecule has 0 radical (unpaired) electrons. The minimum absolute atomic E-state index is 0.0612. The predicted molar refractivity (Wildman–Crippen MR) is 133 cm³/mol. The second-order valence-corrected chi connectivity index (χ2v) is 9.37. The Morgan fingerprint density at radius 2 is 1.36 bits per heavy atom. The number of hydrogen-bond donors (Lipinski definition) is 0. The molecule has 1 fully saturated rings. The van der Waals surface area contributed by atoms with Crippen molar-refractivity contribution in [2.24, 2.45) is 0 Å². The Labute approximate surface area is 198 Å². The summed E-state index contributed by atoms with van der Waals surface area (Å²) in [7, 11) is 0. The normalized spacial score (nSPS) is 14.1. The van der Waals surface area contributed by atoms with Crippen LogP contribution in [0.15, 0.2) is 60.2 Å². The number of carbonyl (C=O) groups excluding carboxylic acids is 2. The smallest absolute Gasteiger partial charge is 0.410 e. The van der Waals surface area contributed by atoms with Gasteiger partial charge in [-0.3, -0.25) is 4.79 Å². The summed E-state index contributed by atoms with van der Waals surface area (Å²) in [4.78, 5) is 28.8. The van der Waals surface area contributed by atoms with Crippen molar-refractivity contribution in [3.63, 3.8) is 0 Å². The molecule has 0 spiro atoms. The zero-order chi connectivity index (χ0) is 24.0. The van der Waals surface area contributed by atoms with Crippen molar-refractivity contribution in [3.8, 4) is 0 Å². The molecule has 0 N–H and O–H groups in total. The third kappa shape index (κ3) is 6.25. The van der Waals surface area contributed by atoms with Crippen molar-refractivity contribution < 1.29 is 14.3 Å². The average molecular weight is 449 g/mol. The summed E-state index contributed by atoms with van der Waals surface area (Å²) in [5.41, 5.74) is 4.98. The van der Waals surface area contributed by atoms with Gasteiger partial charge in [-0.15, -0.1) is 0 Å². The first-order valence-electron chi connectivity index (χ1n) is 11.9. The molecule has 176 valence electrons. The molecular weight excluding hydrogens is 412 g/mol. The third-order valence-electron chi connectivity index (χ3n) is 5.91. The van der Waals surface area contributed by atoms with Gasteiger partial charge in [0.25, 0.3) is 5.91 Å². The summed E-state index contributed by atoms with van der Waals surface area (Å²) >= 11 is 0. The van der Waals surface area contributed by atoms with E-state index in [4.69, 9.17) is 4.74 Å². The molecule has 3 rings (SSSR count). The first-order chi connectivity index (χ1) is 15.7. The van der Waals surface area contributed by atoms with E-state index in [-0.39, 0.29) is 12.0 Å². The van der Waals surface area contributed by atoms with Gasteiger partial charge in [0.1, 0.15) is 5.60 Å². The first-order valence-corrected chi connectivity index (χ1v) is 11.9. The van der Waals surface area contributed by atoms with Crippen LogP contribution in [0.2, 0.25) is 0 Å². The highest BCUT2D eigenvalue weighted by Gasteiger charge is 2.26. The maximum absolute atomic E-state index is 12.7. The molecule has 0 aliphatic carbocycles. The Morgan fingerprint density at radius 3 is 1.88 bits per heavy atom. The van der Waals surface area contributed by atoms with Crippen LogP contribution in [-0.4, -0.2) is 53.6 Å². The fraction of sp³-hybridized carbons (Fsp3) is 0.429. The molecule has 1 aliphatic rings. The summed E-state index contributed by atoms with van der Waals surface area (Å²) in [5, 5.41) is 0. The summed E-state index contributed by atoms with van der Waals surface area (Å²) in [6, 6.07) is 18.3. The van der Waals surface area contributed by atoms with Gasteiger partial charge in [0.15, 0.2) is 0 Å². The zero-order valence-corrected chi connectivity index (χ0v) is 20.6. The lowest BCUT2D eigenvalue weighted by Crippen LogP contribution is -2.40. The minimum atomic E-state index is -0.493. The largest absolute Gasteiger partial charge is 0.444 e.